The van der Waals surface area contributed by atoms with Gasteiger partial charge in [0, 0.05) is 24.5 Å². The molecule has 1 aliphatic carbocycles. The van der Waals surface area contributed by atoms with Crippen LogP contribution in [0.4, 0.5) is 0 Å². The van der Waals surface area contributed by atoms with Crippen molar-refractivity contribution < 1.29 is 4.79 Å². The Kier molecular flexibility index (Phi) is 5.81. The molecule has 0 aromatic carbocycles. The number of rotatable bonds is 2. The van der Waals surface area contributed by atoms with Gasteiger partial charge >= 0.3 is 0 Å². The third-order valence-electron chi connectivity index (χ3n) is 5.42. The van der Waals surface area contributed by atoms with Gasteiger partial charge in [-0.25, -0.2) is 0 Å². The SMILES string of the molecule is CN(C(=O)c1cc2c(s1)CCC(C(C)(C)C)C2)C1CCNC1.Cl. The van der Waals surface area contributed by atoms with Crippen molar-refractivity contribution in [1.29, 1.82) is 0 Å². The largest absolute Gasteiger partial charge is 0.337 e. The summed E-state index contributed by atoms with van der Waals surface area (Å²) < 4.78 is 0. The Bertz CT molecular complexity index is 558. The second-order valence-electron chi connectivity index (χ2n) is 7.93. The summed E-state index contributed by atoms with van der Waals surface area (Å²) >= 11 is 1.73. The van der Waals surface area contributed by atoms with Gasteiger partial charge in [0.15, 0.2) is 0 Å². The first-order valence-electron chi connectivity index (χ1n) is 8.45. The number of hydrogen-bond donors (Lipinski definition) is 1. The van der Waals surface area contributed by atoms with E-state index in [0.29, 0.717) is 11.5 Å². The summed E-state index contributed by atoms with van der Waals surface area (Å²) in [6.07, 6.45) is 4.60. The molecule has 0 bridgehead atoms. The number of halogens is 1. The molecule has 1 aliphatic heterocycles. The Morgan fingerprint density at radius 2 is 2.09 bits per heavy atom. The van der Waals surface area contributed by atoms with E-state index in [4.69, 9.17) is 0 Å². The van der Waals surface area contributed by atoms with Crippen LogP contribution in [0.25, 0.3) is 0 Å². The number of nitrogens with zero attached hydrogens (tertiary/aromatic N) is 1. The molecule has 1 aromatic heterocycles. The summed E-state index contributed by atoms with van der Waals surface area (Å²) in [4.78, 5) is 17.1. The molecule has 3 nitrogen and oxygen atoms in total. The minimum Gasteiger partial charge on any atom is -0.337 e. The molecule has 2 aliphatic rings. The smallest absolute Gasteiger partial charge is 0.263 e. The van der Waals surface area contributed by atoms with Crippen LogP contribution in [0.3, 0.4) is 0 Å². The zero-order chi connectivity index (χ0) is 15.9. The molecule has 3 rings (SSSR count). The molecular weight excluding hydrogens is 328 g/mol. The summed E-state index contributed by atoms with van der Waals surface area (Å²) in [7, 11) is 1.96. The van der Waals surface area contributed by atoms with Crippen LogP contribution >= 0.6 is 23.7 Å². The zero-order valence-electron chi connectivity index (χ0n) is 14.6. The number of thiophene rings is 1. The minimum atomic E-state index is 0. The maximum Gasteiger partial charge on any atom is 0.263 e. The van der Waals surface area contributed by atoms with Crippen molar-refractivity contribution >= 4 is 29.7 Å². The van der Waals surface area contributed by atoms with Crippen molar-refractivity contribution in [2.24, 2.45) is 11.3 Å². The first kappa shape index (κ1) is 18.8. The highest BCUT2D eigenvalue weighted by Gasteiger charge is 2.31. The first-order chi connectivity index (χ1) is 10.4. The van der Waals surface area contributed by atoms with Gasteiger partial charge in [-0.15, -0.1) is 23.7 Å². The summed E-state index contributed by atoms with van der Waals surface area (Å²) in [6, 6.07) is 2.54. The van der Waals surface area contributed by atoms with Gasteiger partial charge in [-0.3, -0.25) is 4.79 Å². The van der Waals surface area contributed by atoms with E-state index >= 15 is 0 Å². The Balaban J connectivity index is 0.00000192. The van der Waals surface area contributed by atoms with E-state index in [1.165, 1.54) is 16.9 Å². The molecule has 1 aromatic rings. The lowest BCUT2D eigenvalue weighted by Gasteiger charge is -2.33. The lowest BCUT2D eigenvalue weighted by Crippen LogP contribution is -2.37. The van der Waals surface area contributed by atoms with Crippen LogP contribution in [0.15, 0.2) is 6.07 Å². The number of aryl methyl sites for hydroxylation is 1. The van der Waals surface area contributed by atoms with Crippen LogP contribution in [-0.2, 0) is 12.8 Å². The van der Waals surface area contributed by atoms with Crippen LogP contribution in [0.5, 0.6) is 0 Å². The quantitative estimate of drug-likeness (QED) is 0.875. The molecule has 2 heterocycles. The van der Waals surface area contributed by atoms with E-state index in [0.717, 1.165) is 43.1 Å². The summed E-state index contributed by atoms with van der Waals surface area (Å²) in [6.45, 7) is 8.96. The Morgan fingerprint density at radius 3 is 2.70 bits per heavy atom. The molecule has 0 radical (unpaired) electrons. The average molecular weight is 357 g/mol. The second-order valence-corrected chi connectivity index (χ2v) is 9.06. The highest BCUT2D eigenvalue weighted by Crippen LogP contribution is 2.40. The van der Waals surface area contributed by atoms with Crippen molar-refractivity contribution in [2.45, 2.75) is 52.5 Å². The van der Waals surface area contributed by atoms with Crippen LogP contribution in [0.2, 0.25) is 0 Å². The van der Waals surface area contributed by atoms with E-state index in [1.54, 1.807) is 11.3 Å². The van der Waals surface area contributed by atoms with Gasteiger partial charge in [-0.2, -0.15) is 0 Å². The molecule has 0 spiro atoms. The number of carbonyl (C=O) groups is 1. The Labute approximate surface area is 150 Å². The Hall–Kier alpha value is -0.580. The fourth-order valence-corrected chi connectivity index (χ4v) is 4.87. The number of carbonyl (C=O) groups excluding carboxylic acids is 1. The molecule has 1 saturated heterocycles. The lowest BCUT2D eigenvalue weighted by molar-refractivity contribution is 0.0748. The molecular formula is C18H29ClN2OS. The van der Waals surface area contributed by atoms with Crippen LogP contribution in [-0.4, -0.2) is 37.0 Å². The van der Waals surface area contributed by atoms with Crippen molar-refractivity contribution in [2.75, 3.05) is 20.1 Å². The van der Waals surface area contributed by atoms with Gasteiger partial charge in [-0.1, -0.05) is 20.8 Å². The van der Waals surface area contributed by atoms with Crippen LogP contribution < -0.4 is 5.32 Å². The highest BCUT2D eigenvalue weighted by atomic mass is 35.5. The zero-order valence-corrected chi connectivity index (χ0v) is 16.3. The topological polar surface area (TPSA) is 32.3 Å². The third-order valence-corrected chi connectivity index (χ3v) is 6.65. The van der Waals surface area contributed by atoms with Gasteiger partial charge in [0.05, 0.1) is 4.88 Å². The molecule has 1 amide bonds. The van der Waals surface area contributed by atoms with E-state index < -0.39 is 0 Å². The van der Waals surface area contributed by atoms with Crippen molar-refractivity contribution in [3.8, 4) is 0 Å². The van der Waals surface area contributed by atoms with Gasteiger partial charge in [-0.05, 0) is 55.2 Å². The lowest BCUT2D eigenvalue weighted by atomic mass is 9.72. The maximum absolute atomic E-state index is 12.7. The molecule has 2 unspecified atom stereocenters. The predicted molar refractivity (Wildman–Crippen MR) is 99.9 cm³/mol. The number of amides is 1. The second kappa shape index (κ2) is 7.12. The van der Waals surface area contributed by atoms with E-state index in [-0.39, 0.29) is 18.3 Å². The predicted octanol–water partition coefficient (Wildman–Crippen LogP) is 3.75. The van der Waals surface area contributed by atoms with Gasteiger partial charge in [0.25, 0.3) is 5.91 Å². The van der Waals surface area contributed by atoms with Crippen LogP contribution in [0.1, 0.15) is 53.7 Å². The molecule has 1 N–H and O–H groups in total. The molecule has 5 heteroatoms. The Morgan fingerprint density at radius 1 is 1.35 bits per heavy atom. The van der Waals surface area contributed by atoms with Crippen molar-refractivity contribution in [3.05, 3.63) is 21.4 Å². The van der Waals surface area contributed by atoms with Gasteiger partial charge in [0.2, 0.25) is 0 Å². The van der Waals surface area contributed by atoms with E-state index in [9.17, 15) is 4.79 Å². The van der Waals surface area contributed by atoms with Crippen molar-refractivity contribution in [3.63, 3.8) is 0 Å². The fraction of sp³-hybridized carbons (Fsp3) is 0.722. The van der Waals surface area contributed by atoms with Crippen molar-refractivity contribution in [1.82, 2.24) is 10.2 Å². The average Bonchev–Trinajstić information content (AvgIpc) is 3.12. The number of likely N-dealkylation sites (N-methyl/N-ethyl adjacent to an activating group) is 1. The van der Waals surface area contributed by atoms with Gasteiger partial charge in [0.1, 0.15) is 0 Å². The van der Waals surface area contributed by atoms with Gasteiger partial charge < -0.3 is 10.2 Å². The molecule has 0 saturated carbocycles. The standard InChI is InChI=1S/C18H28N2OS.ClH/c1-18(2,3)13-5-6-15-12(9-13)10-16(22-15)17(21)20(4)14-7-8-19-11-14;/h10,13-14,19H,5-9,11H2,1-4H3;1H. The molecule has 130 valence electrons. The van der Waals surface area contributed by atoms with Crippen LogP contribution in [0, 0.1) is 11.3 Å². The molecule has 23 heavy (non-hydrogen) atoms. The number of hydrogen-bond acceptors (Lipinski definition) is 3. The number of fused-ring (bicyclic) bond motifs is 1. The maximum atomic E-state index is 12.7. The highest BCUT2D eigenvalue weighted by molar-refractivity contribution is 7.14. The first-order valence-corrected chi connectivity index (χ1v) is 9.27. The normalized spacial score (nSPS) is 24.0. The number of nitrogens with one attached hydrogen (secondary N) is 1. The molecule has 1 fully saturated rings. The van der Waals surface area contributed by atoms with E-state index in [2.05, 4.69) is 32.2 Å². The van der Waals surface area contributed by atoms with E-state index in [1.807, 2.05) is 11.9 Å². The molecule has 2 atom stereocenters. The monoisotopic (exact) mass is 356 g/mol. The fourth-order valence-electron chi connectivity index (χ4n) is 3.68. The third kappa shape index (κ3) is 3.92. The minimum absolute atomic E-state index is 0. The summed E-state index contributed by atoms with van der Waals surface area (Å²) in [5, 5.41) is 3.34. The summed E-state index contributed by atoms with van der Waals surface area (Å²) in [5.41, 5.74) is 1.79. The summed E-state index contributed by atoms with van der Waals surface area (Å²) in [5.74, 6) is 0.940.